The van der Waals surface area contributed by atoms with Gasteiger partial charge in [-0.05, 0) is 37.1 Å². The Morgan fingerprint density at radius 3 is 2.44 bits per heavy atom. The van der Waals surface area contributed by atoms with Gasteiger partial charge in [0.25, 0.3) is 5.56 Å². The lowest BCUT2D eigenvalue weighted by atomic mass is 10.2. The summed E-state index contributed by atoms with van der Waals surface area (Å²) in [6.45, 7) is 11.9. The first-order chi connectivity index (χ1) is 12.0. The zero-order chi connectivity index (χ0) is 17.8. The standard InChI is InChI=1S/C19H27N5O/c1-14(2)13-23-8-10-24(11-9-23)17-6-4-16(5-7-17)21-19-20-15(3)12-18(25)22-19/h4-7,12,14H,8-11,13H2,1-3H3,(H2,20,21,22,25). The Labute approximate surface area is 148 Å². The molecule has 25 heavy (non-hydrogen) atoms. The number of piperazine rings is 1. The summed E-state index contributed by atoms with van der Waals surface area (Å²) in [6.07, 6.45) is 0. The van der Waals surface area contributed by atoms with E-state index in [1.54, 1.807) is 0 Å². The Bertz CT molecular complexity index is 745. The van der Waals surface area contributed by atoms with E-state index in [0.29, 0.717) is 11.6 Å². The van der Waals surface area contributed by atoms with Crippen molar-refractivity contribution in [2.45, 2.75) is 20.8 Å². The first kappa shape index (κ1) is 17.5. The van der Waals surface area contributed by atoms with Crippen LogP contribution in [0.1, 0.15) is 19.5 Å². The van der Waals surface area contributed by atoms with E-state index in [2.05, 4.69) is 51.1 Å². The Morgan fingerprint density at radius 1 is 1.16 bits per heavy atom. The van der Waals surface area contributed by atoms with Crippen LogP contribution in [0.5, 0.6) is 0 Å². The van der Waals surface area contributed by atoms with Gasteiger partial charge in [-0.3, -0.25) is 14.7 Å². The highest BCUT2D eigenvalue weighted by atomic mass is 16.1. The van der Waals surface area contributed by atoms with Crippen LogP contribution in [0.2, 0.25) is 0 Å². The molecule has 2 heterocycles. The number of nitrogens with one attached hydrogen (secondary N) is 2. The normalized spacial score (nSPS) is 15.6. The highest BCUT2D eigenvalue weighted by Gasteiger charge is 2.17. The Kier molecular flexibility index (Phi) is 5.38. The van der Waals surface area contributed by atoms with Crippen LogP contribution in [0.4, 0.5) is 17.3 Å². The number of hydrogen-bond acceptors (Lipinski definition) is 5. The minimum absolute atomic E-state index is 0.147. The molecule has 2 N–H and O–H groups in total. The van der Waals surface area contributed by atoms with Gasteiger partial charge >= 0.3 is 0 Å². The lowest BCUT2D eigenvalue weighted by Gasteiger charge is -2.36. The summed E-state index contributed by atoms with van der Waals surface area (Å²) in [6, 6.07) is 9.77. The minimum Gasteiger partial charge on any atom is -0.369 e. The molecule has 0 saturated carbocycles. The second-order valence-electron chi connectivity index (χ2n) is 7.09. The van der Waals surface area contributed by atoms with Gasteiger partial charge in [-0.25, -0.2) is 4.98 Å². The minimum atomic E-state index is -0.147. The van der Waals surface area contributed by atoms with Gasteiger partial charge in [0.05, 0.1) is 0 Å². The summed E-state index contributed by atoms with van der Waals surface area (Å²) >= 11 is 0. The molecule has 134 valence electrons. The van der Waals surface area contributed by atoms with Crippen LogP contribution in [0.15, 0.2) is 35.1 Å². The fraction of sp³-hybridized carbons (Fsp3) is 0.474. The summed E-state index contributed by atoms with van der Waals surface area (Å²) in [7, 11) is 0. The summed E-state index contributed by atoms with van der Waals surface area (Å²) in [5.41, 5.74) is 2.70. The summed E-state index contributed by atoms with van der Waals surface area (Å²) in [5.74, 6) is 1.19. The van der Waals surface area contributed by atoms with Crippen LogP contribution >= 0.6 is 0 Å². The van der Waals surface area contributed by atoms with E-state index < -0.39 is 0 Å². The molecule has 1 aromatic carbocycles. The summed E-state index contributed by atoms with van der Waals surface area (Å²) in [5, 5.41) is 3.15. The number of hydrogen-bond donors (Lipinski definition) is 2. The molecule has 6 nitrogen and oxygen atoms in total. The molecule has 0 aliphatic carbocycles. The first-order valence-corrected chi connectivity index (χ1v) is 8.92. The Balaban J connectivity index is 1.60. The first-order valence-electron chi connectivity index (χ1n) is 8.92. The smallest absolute Gasteiger partial charge is 0.252 e. The lowest BCUT2D eigenvalue weighted by molar-refractivity contribution is 0.231. The van der Waals surface area contributed by atoms with Crippen molar-refractivity contribution in [2.24, 2.45) is 5.92 Å². The fourth-order valence-corrected chi connectivity index (χ4v) is 3.24. The van der Waals surface area contributed by atoms with Crippen LogP contribution in [-0.2, 0) is 0 Å². The van der Waals surface area contributed by atoms with Crippen LogP contribution in [-0.4, -0.2) is 47.6 Å². The van der Waals surface area contributed by atoms with Crippen molar-refractivity contribution in [1.82, 2.24) is 14.9 Å². The van der Waals surface area contributed by atoms with E-state index in [-0.39, 0.29) is 5.56 Å². The van der Waals surface area contributed by atoms with E-state index in [0.717, 1.165) is 37.8 Å². The van der Waals surface area contributed by atoms with Gasteiger partial charge in [0.2, 0.25) is 5.95 Å². The third-order valence-corrected chi connectivity index (χ3v) is 4.36. The Morgan fingerprint density at radius 2 is 1.84 bits per heavy atom. The number of H-pyrrole nitrogens is 1. The van der Waals surface area contributed by atoms with Gasteiger partial charge in [-0.2, -0.15) is 0 Å². The highest BCUT2D eigenvalue weighted by molar-refractivity contribution is 5.59. The molecule has 1 aromatic heterocycles. The van der Waals surface area contributed by atoms with Gasteiger partial charge in [0.1, 0.15) is 0 Å². The van der Waals surface area contributed by atoms with E-state index in [4.69, 9.17) is 0 Å². The SMILES string of the molecule is Cc1cc(=O)[nH]c(Nc2ccc(N3CCN(CC(C)C)CC3)cc2)n1. The van der Waals surface area contributed by atoms with Crippen LogP contribution < -0.4 is 15.8 Å². The molecule has 0 atom stereocenters. The molecular formula is C19H27N5O. The molecule has 1 aliphatic heterocycles. The predicted molar refractivity (Wildman–Crippen MR) is 103 cm³/mol. The fourth-order valence-electron chi connectivity index (χ4n) is 3.24. The second-order valence-corrected chi connectivity index (χ2v) is 7.09. The van der Waals surface area contributed by atoms with Crippen molar-refractivity contribution in [1.29, 1.82) is 0 Å². The third-order valence-electron chi connectivity index (χ3n) is 4.36. The number of nitrogens with zero attached hydrogens (tertiary/aromatic N) is 3. The third kappa shape index (κ3) is 4.82. The van der Waals surface area contributed by atoms with Crippen molar-refractivity contribution in [2.75, 3.05) is 42.9 Å². The number of anilines is 3. The largest absolute Gasteiger partial charge is 0.369 e. The molecule has 0 amide bonds. The molecule has 3 rings (SSSR count). The maximum Gasteiger partial charge on any atom is 0.252 e. The Hall–Kier alpha value is -2.34. The zero-order valence-corrected chi connectivity index (χ0v) is 15.2. The number of rotatable bonds is 5. The van der Waals surface area contributed by atoms with Gasteiger partial charge in [0, 0.05) is 55.9 Å². The van der Waals surface area contributed by atoms with E-state index in [9.17, 15) is 4.79 Å². The molecule has 0 unspecified atom stereocenters. The molecule has 2 aromatic rings. The van der Waals surface area contributed by atoms with E-state index in [1.807, 2.05) is 19.1 Å². The number of benzene rings is 1. The number of aromatic amines is 1. The topological polar surface area (TPSA) is 64.3 Å². The number of aromatic nitrogens is 2. The van der Waals surface area contributed by atoms with Crippen LogP contribution in [0.25, 0.3) is 0 Å². The van der Waals surface area contributed by atoms with Gasteiger partial charge < -0.3 is 10.2 Å². The summed E-state index contributed by atoms with van der Waals surface area (Å²) in [4.78, 5) is 23.5. The quantitative estimate of drug-likeness (QED) is 0.875. The second kappa shape index (κ2) is 7.70. The highest BCUT2D eigenvalue weighted by Crippen LogP contribution is 2.21. The van der Waals surface area contributed by atoms with Crippen molar-refractivity contribution in [3.63, 3.8) is 0 Å². The van der Waals surface area contributed by atoms with Gasteiger partial charge in [-0.1, -0.05) is 13.8 Å². The molecule has 1 saturated heterocycles. The average molecular weight is 341 g/mol. The van der Waals surface area contributed by atoms with Crippen molar-refractivity contribution in [3.05, 3.63) is 46.4 Å². The maximum absolute atomic E-state index is 11.5. The maximum atomic E-state index is 11.5. The van der Waals surface area contributed by atoms with Crippen molar-refractivity contribution >= 4 is 17.3 Å². The summed E-state index contributed by atoms with van der Waals surface area (Å²) < 4.78 is 0. The van der Waals surface area contributed by atoms with Crippen molar-refractivity contribution in [3.8, 4) is 0 Å². The average Bonchev–Trinajstić information content (AvgIpc) is 2.55. The molecule has 1 aliphatic rings. The van der Waals surface area contributed by atoms with Gasteiger partial charge in [0.15, 0.2) is 0 Å². The van der Waals surface area contributed by atoms with Crippen LogP contribution in [0, 0.1) is 12.8 Å². The van der Waals surface area contributed by atoms with E-state index in [1.165, 1.54) is 18.3 Å². The van der Waals surface area contributed by atoms with Crippen LogP contribution in [0.3, 0.4) is 0 Å². The molecule has 0 spiro atoms. The monoisotopic (exact) mass is 341 g/mol. The predicted octanol–water partition coefficient (Wildman–Crippen LogP) is 2.60. The zero-order valence-electron chi connectivity index (χ0n) is 15.2. The number of aryl methyl sites for hydroxylation is 1. The molecular weight excluding hydrogens is 314 g/mol. The molecule has 1 fully saturated rings. The molecule has 6 heteroatoms. The van der Waals surface area contributed by atoms with Crippen molar-refractivity contribution < 1.29 is 0 Å². The van der Waals surface area contributed by atoms with E-state index >= 15 is 0 Å². The lowest BCUT2D eigenvalue weighted by Crippen LogP contribution is -2.47. The molecule has 0 radical (unpaired) electrons. The van der Waals surface area contributed by atoms with Gasteiger partial charge in [-0.15, -0.1) is 0 Å². The molecule has 0 bridgehead atoms.